The number of rotatable bonds is 2. The third kappa shape index (κ3) is 1.51. The number of fused-ring (bicyclic) bond motifs is 1. The Morgan fingerprint density at radius 3 is 2.60 bits per heavy atom. The molecule has 0 saturated heterocycles. The second-order valence-electron chi connectivity index (χ2n) is 3.19. The SMILES string of the molecule is NC(=O)c1ccc2ccccc2c1NO. The summed E-state index contributed by atoms with van der Waals surface area (Å²) in [4.78, 5) is 11.1. The third-order valence-electron chi connectivity index (χ3n) is 2.31. The number of nitrogens with two attached hydrogens (primary N) is 1. The minimum absolute atomic E-state index is 0.274. The Bertz CT molecular complexity index is 523. The van der Waals surface area contributed by atoms with Crippen molar-refractivity contribution >= 4 is 22.4 Å². The maximum Gasteiger partial charge on any atom is 0.250 e. The van der Waals surface area contributed by atoms with E-state index in [4.69, 9.17) is 10.9 Å². The van der Waals surface area contributed by atoms with Gasteiger partial charge in [0, 0.05) is 5.39 Å². The van der Waals surface area contributed by atoms with Crippen LogP contribution in [-0.4, -0.2) is 11.1 Å². The van der Waals surface area contributed by atoms with Crippen molar-refractivity contribution in [2.75, 3.05) is 5.48 Å². The lowest BCUT2D eigenvalue weighted by Crippen LogP contribution is -2.13. The molecule has 76 valence electrons. The highest BCUT2D eigenvalue weighted by atomic mass is 16.5. The first-order valence-electron chi connectivity index (χ1n) is 4.45. The lowest BCUT2D eigenvalue weighted by Gasteiger charge is -2.08. The Morgan fingerprint density at radius 2 is 1.93 bits per heavy atom. The van der Waals surface area contributed by atoms with Crippen LogP contribution in [0, 0.1) is 0 Å². The summed E-state index contributed by atoms with van der Waals surface area (Å²) in [5, 5.41) is 10.7. The van der Waals surface area contributed by atoms with Crippen molar-refractivity contribution in [3.63, 3.8) is 0 Å². The van der Waals surface area contributed by atoms with Crippen molar-refractivity contribution in [2.45, 2.75) is 0 Å². The molecule has 0 unspecified atom stereocenters. The number of benzene rings is 2. The average Bonchev–Trinajstić information content (AvgIpc) is 2.27. The van der Waals surface area contributed by atoms with Crippen molar-refractivity contribution in [2.24, 2.45) is 5.73 Å². The molecule has 0 atom stereocenters. The van der Waals surface area contributed by atoms with E-state index in [1.54, 1.807) is 18.2 Å². The maximum absolute atomic E-state index is 11.1. The van der Waals surface area contributed by atoms with Crippen LogP contribution in [0.4, 0.5) is 5.69 Å². The first-order valence-corrected chi connectivity index (χ1v) is 4.45. The molecule has 0 aliphatic heterocycles. The van der Waals surface area contributed by atoms with Gasteiger partial charge >= 0.3 is 0 Å². The summed E-state index contributed by atoms with van der Waals surface area (Å²) in [6.45, 7) is 0. The molecule has 0 aromatic heterocycles. The van der Waals surface area contributed by atoms with Gasteiger partial charge in [-0.1, -0.05) is 30.3 Å². The standard InChI is InChI=1S/C11H10N2O2/c12-11(14)9-6-5-7-3-1-2-4-8(7)10(9)13-15/h1-6,13,15H,(H2,12,14). The number of carbonyl (C=O) groups is 1. The topological polar surface area (TPSA) is 75.4 Å². The van der Waals surface area contributed by atoms with Crippen LogP contribution in [0.1, 0.15) is 10.4 Å². The first-order chi connectivity index (χ1) is 7.24. The fourth-order valence-corrected chi connectivity index (χ4v) is 1.60. The van der Waals surface area contributed by atoms with E-state index in [9.17, 15) is 4.79 Å². The fourth-order valence-electron chi connectivity index (χ4n) is 1.60. The molecule has 0 aliphatic rings. The van der Waals surface area contributed by atoms with Gasteiger partial charge in [0.1, 0.15) is 0 Å². The Hall–Kier alpha value is -2.07. The molecule has 2 aromatic carbocycles. The minimum Gasteiger partial charge on any atom is -0.366 e. The molecular formula is C11H10N2O2. The molecule has 4 nitrogen and oxygen atoms in total. The highest BCUT2D eigenvalue weighted by Gasteiger charge is 2.10. The Morgan fingerprint density at radius 1 is 1.20 bits per heavy atom. The van der Waals surface area contributed by atoms with Gasteiger partial charge in [-0.2, -0.15) is 0 Å². The zero-order valence-electron chi connectivity index (χ0n) is 7.90. The molecule has 0 fully saturated rings. The Labute approximate surface area is 86.3 Å². The largest absolute Gasteiger partial charge is 0.366 e. The van der Waals surface area contributed by atoms with Crippen molar-refractivity contribution in [3.8, 4) is 0 Å². The number of carbonyl (C=O) groups excluding carboxylic acids is 1. The molecule has 0 spiro atoms. The number of hydrogen-bond donors (Lipinski definition) is 3. The molecule has 0 heterocycles. The van der Waals surface area contributed by atoms with E-state index in [0.29, 0.717) is 5.69 Å². The lowest BCUT2D eigenvalue weighted by molar-refractivity contribution is 0.100. The normalized spacial score (nSPS) is 10.2. The number of hydrogen-bond acceptors (Lipinski definition) is 3. The van der Waals surface area contributed by atoms with Crippen molar-refractivity contribution in [3.05, 3.63) is 42.0 Å². The summed E-state index contributed by atoms with van der Waals surface area (Å²) >= 11 is 0. The smallest absolute Gasteiger partial charge is 0.250 e. The highest BCUT2D eigenvalue weighted by Crippen LogP contribution is 2.26. The second kappa shape index (κ2) is 3.59. The van der Waals surface area contributed by atoms with E-state index < -0.39 is 5.91 Å². The van der Waals surface area contributed by atoms with Gasteiger partial charge in [0.15, 0.2) is 0 Å². The van der Waals surface area contributed by atoms with E-state index in [-0.39, 0.29) is 5.56 Å². The van der Waals surface area contributed by atoms with E-state index >= 15 is 0 Å². The van der Waals surface area contributed by atoms with Crippen LogP contribution in [0.25, 0.3) is 10.8 Å². The van der Waals surface area contributed by atoms with Crippen LogP contribution in [-0.2, 0) is 0 Å². The summed E-state index contributed by atoms with van der Waals surface area (Å²) in [5.74, 6) is -0.572. The lowest BCUT2D eigenvalue weighted by atomic mass is 10.0. The molecule has 0 aliphatic carbocycles. The van der Waals surface area contributed by atoms with Crippen LogP contribution in [0.2, 0.25) is 0 Å². The van der Waals surface area contributed by atoms with Gasteiger partial charge in [-0.15, -0.1) is 0 Å². The van der Waals surface area contributed by atoms with Gasteiger partial charge in [-0.3, -0.25) is 15.5 Å². The van der Waals surface area contributed by atoms with Gasteiger partial charge in [0.2, 0.25) is 0 Å². The molecule has 2 rings (SSSR count). The van der Waals surface area contributed by atoms with Crippen molar-refractivity contribution in [1.82, 2.24) is 0 Å². The summed E-state index contributed by atoms with van der Waals surface area (Å²) in [6, 6.07) is 10.8. The van der Waals surface area contributed by atoms with Crippen LogP contribution >= 0.6 is 0 Å². The van der Waals surface area contributed by atoms with Crippen LogP contribution < -0.4 is 11.2 Å². The first kappa shape index (κ1) is 9.48. The zero-order valence-corrected chi connectivity index (χ0v) is 7.90. The predicted molar refractivity (Wildman–Crippen MR) is 57.9 cm³/mol. The number of primary amides is 1. The molecule has 0 saturated carbocycles. The monoisotopic (exact) mass is 202 g/mol. The summed E-state index contributed by atoms with van der Waals surface area (Å²) in [7, 11) is 0. The Balaban J connectivity index is 2.81. The maximum atomic E-state index is 11.1. The molecule has 2 aromatic rings. The minimum atomic E-state index is -0.572. The molecule has 1 amide bonds. The molecule has 0 radical (unpaired) electrons. The van der Waals surface area contributed by atoms with Gasteiger partial charge in [0.25, 0.3) is 5.91 Å². The summed E-state index contributed by atoms with van der Waals surface area (Å²) in [6.07, 6.45) is 0. The molecule has 4 N–H and O–H groups in total. The van der Waals surface area contributed by atoms with Crippen molar-refractivity contribution < 1.29 is 10.0 Å². The Kier molecular flexibility index (Phi) is 2.27. The van der Waals surface area contributed by atoms with Gasteiger partial charge < -0.3 is 5.73 Å². The van der Waals surface area contributed by atoms with E-state index in [1.165, 1.54) is 0 Å². The summed E-state index contributed by atoms with van der Waals surface area (Å²) in [5.41, 5.74) is 7.83. The van der Waals surface area contributed by atoms with Crippen LogP contribution in [0.3, 0.4) is 0 Å². The van der Waals surface area contributed by atoms with Crippen molar-refractivity contribution in [1.29, 1.82) is 0 Å². The predicted octanol–water partition coefficient (Wildman–Crippen LogP) is 1.74. The zero-order chi connectivity index (χ0) is 10.8. The van der Waals surface area contributed by atoms with Gasteiger partial charge in [-0.05, 0) is 11.5 Å². The molecule has 0 bridgehead atoms. The van der Waals surface area contributed by atoms with E-state index in [0.717, 1.165) is 10.8 Å². The van der Waals surface area contributed by atoms with Crippen LogP contribution in [0.5, 0.6) is 0 Å². The van der Waals surface area contributed by atoms with Gasteiger partial charge in [-0.25, -0.2) is 0 Å². The number of amides is 1. The molecule has 15 heavy (non-hydrogen) atoms. The average molecular weight is 202 g/mol. The fraction of sp³-hybridized carbons (Fsp3) is 0. The van der Waals surface area contributed by atoms with E-state index in [1.807, 2.05) is 23.7 Å². The number of nitrogens with one attached hydrogen (secondary N) is 1. The third-order valence-corrected chi connectivity index (χ3v) is 2.31. The number of anilines is 1. The van der Waals surface area contributed by atoms with E-state index in [2.05, 4.69) is 0 Å². The highest BCUT2D eigenvalue weighted by molar-refractivity contribution is 6.07. The molecular weight excluding hydrogens is 192 g/mol. The van der Waals surface area contributed by atoms with Crippen LogP contribution in [0.15, 0.2) is 36.4 Å². The quantitative estimate of drug-likeness (QED) is 0.649. The second-order valence-corrected chi connectivity index (χ2v) is 3.19. The summed E-state index contributed by atoms with van der Waals surface area (Å²) < 4.78 is 0. The van der Waals surface area contributed by atoms with Gasteiger partial charge in [0.05, 0.1) is 11.3 Å². The molecule has 4 heteroatoms.